The number of likely N-dealkylation sites (tertiary alicyclic amines) is 1. The summed E-state index contributed by atoms with van der Waals surface area (Å²) in [7, 11) is 0. The van der Waals surface area contributed by atoms with Gasteiger partial charge in [-0.05, 0) is 42.9 Å². The minimum absolute atomic E-state index is 0.00350. The molecule has 6 nitrogen and oxygen atoms in total. The topological polar surface area (TPSA) is 75.2 Å². The van der Waals surface area contributed by atoms with Gasteiger partial charge in [0.2, 0.25) is 5.91 Å². The molecule has 0 spiro atoms. The summed E-state index contributed by atoms with van der Waals surface area (Å²) in [5, 5.41) is 3.01. The Morgan fingerprint density at radius 1 is 1.03 bits per heavy atom. The Kier molecular flexibility index (Phi) is 6.59. The van der Waals surface area contributed by atoms with Gasteiger partial charge in [-0.1, -0.05) is 54.6 Å². The highest BCUT2D eigenvalue weighted by molar-refractivity contribution is 5.93. The van der Waals surface area contributed by atoms with Crippen molar-refractivity contribution in [2.75, 3.05) is 19.6 Å². The number of piperidine rings is 1. The molecule has 1 saturated heterocycles. The third kappa shape index (κ3) is 4.69. The summed E-state index contributed by atoms with van der Waals surface area (Å²) >= 11 is 0. The number of nitrogens with zero attached hydrogens (tertiary/aromatic N) is 3. The van der Waals surface area contributed by atoms with Gasteiger partial charge in [0.05, 0.1) is 11.6 Å². The first-order valence-corrected chi connectivity index (χ1v) is 11.1. The van der Waals surface area contributed by atoms with Crippen molar-refractivity contribution in [2.24, 2.45) is 5.41 Å². The Hall–Kier alpha value is -3.54. The molecule has 1 aliphatic heterocycles. The van der Waals surface area contributed by atoms with Crippen LogP contribution < -0.4 is 5.32 Å². The van der Waals surface area contributed by atoms with E-state index in [2.05, 4.69) is 51.7 Å². The van der Waals surface area contributed by atoms with Crippen LogP contribution in [-0.4, -0.2) is 46.3 Å². The smallest absolute Gasteiger partial charge is 0.274 e. The maximum atomic E-state index is 13.2. The Labute approximate surface area is 188 Å². The fourth-order valence-corrected chi connectivity index (χ4v) is 4.47. The summed E-state index contributed by atoms with van der Waals surface area (Å²) in [4.78, 5) is 36.2. The molecule has 1 fully saturated rings. The number of hydrogen-bond donors (Lipinski definition) is 1. The number of nitrogens with one attached hydrogen (secondary N) is 1. The fourth-order valence-electron chi connectivity index (χ4n) is 4.47. The van der Waals surface area contributed by atoms with Gasteiger partial charge in [-0.3, -0.25) is 14.6 Å². The van der Waals surface area contributed by atoms with E-state index in [0.29, 0.717) is 31.7 Å². The molecule has 32 heavy (non-hydrogen) atoms. The van der Waals surface area contributed by atoms with Gasteiger partial charge in [0.15, 0.2) is 0 Å². The molecule has 0 saturated carbocycles. The summed E-state index contributed by atoms with van der Waals surface area (Å²) in [5.41, 5.74) is 3.04. The first kappa shape index (κ1) is 21.7. The van der Waals surface area contributed by atoms with Crippen molar-refractivity contribution in [3.63, 3.8) is 0 Å². The molecular formula is C26H28N4O2. The number of benzene rings is 2. The second-order valence-corrected chi connectivity index (χ2v) is 8.30. The quantitative estimate of drug-likeness (QED) is 0.649. The van der Waals surface area contributed by atoms with Crippen molar-refractivity contribution < 1.29 is 9.59 Å². The van der Waals surface area contributed by atoms with Crippen molar-refractivity contribution in [1.29, 1.82) is 0 Å². The Bertz CT molecular complexity index is 1050. The van der Waals surface area contributed by atoms with Crippen LogP contribution in [0.2, 0.25) is 0 Å². The third-order valence-electron chi connectivity index (χ3n) is 6.07. The lowest BCUT2D eigenvalue weighted by Crippen LogP contribution is -2.54. The van der Waals surface area contributed by atoms with Gasteiger partial charge in [0.1, 0.15) is 5.69 Å². The molecule has 1 N–H and O–H groups in total. The van der Waals surface area contributed by atoms with E-state index in [-0.39, 0.29) is 11.8 Å². The molecular weight excluding hydrogens is 400 g/mol. The van der Waals surface area contributed by atoms with Gasteiger partial charge in [0.25, 0.3) is 5.91 Å². The third-order valence-corrected chi connectivity index (χ3v) is 6.07. The molecule has 0 bridgehead atoms. The molecule has 0 aliphatic carbocycles. The van der Waals surface area contributed by atoms with Gasteiger partial charge >= 0.3 is 0 Å². The molecule has 6 heteroatoms. The Morgan fingerprint density at radius 2 is 1.78 bits per heavy atom. The van der Waals surface area contributed by atoms with E-state index in [1.807, 2.05) is 25.1 Å². The zero-order chi connectivity index (χ0) is 22.4. The molecule has 1 atom stereocenters. The van der Waals surface area contributed by atoms with Crippen molar-refractivity contribution in [3.05, 3.63) is 84.4 Å². The molecule has 0 radical (unpaired) electrons. The number of aromatic nitrogens is 2. The summed E-state index contributed by atoms with van der Waals surface area (Å²) in [5.74, 6) is -0.172. The average molecular weight is 429 g/mol. The van der Waals surface area contributed by atoms with Crippen LogP contribution in [0.5, 0.6) is 0 Å². The summed E-state index contributed by atoms with van der Waals surface area (Å²) in [6.45, 7) is 3.47. The van der Waals surface area contributed by atoms with Gasteiger partial charge in [0, 0.05) is 32.0 Å². The molecule has 2 heterocycles. The minimum atomic E-state index is -0.666. The van der Waals surface area contributed by atoms with Crippen molar-refractivity contribution in [3.8, 4) is 11.1 Å². The van der Waals surface area contributed by atoms with Gasteiger partial charge < -0.3 is 10.2 Å². The summed E-state index contributed by atoms with van der Waals surface area (Å²) in [6, 6.07) is 18.6. The molecule has 164 valence electrons. The van der Waals surface area contributed by atoms with Crippen LogP contribution in [0, 0.1) is 5.41 Å². The Balaban J connectivity index is 1.57. The van der Waals surface area contributed by atoms with Crippen LogP contribution in [-0.2, 0) is 11.2 Å². The van der Waals surface area contributed by atoms with Crippen molar-refractivity contribution in [2.45, 2.75) is 26.2 Å². The highest BCUT2D eigenvalue weighted by Crippen LogP contribution is 2.35. The normalized spacial score (nSPS) is 18.2. The van der Waals surface area contributed by atoms with Crippen LogP contribution in [0.4, 0.5) is 0 Å². The van der Waals surface area contributed by atoms with E-state index in [9.17, 15) is 9.59 Å². The standard InChI is InChI=1S/C26H28N4O2/c1-2-28-25(32)26(13-6-16-30(19-26)24(31)23-18-27-14-15-29-23)17-20-9-11-22(12-10-20)21-7-4-3-5-8-21/h3-5,7-12,14-15,18H,2,6,13,16-17,19H2,1H3,(H,28,32)/t26-/m1/s1. The molecule has 1 aliphatic rings. The predicted octanol–water partition coefficient (Wildman–Crippen LogP) is 3.74. The number of carbonyl (C=O) groups is 2. The van der Waals surface area contributed by atoms with E-state index in [1.54, 1.807) is 11.1 Å². The fraction of sp³-hybridized carbons (Fsp3) is 0.308. The number of carbonyl (C=O) groups excluding carboxylic acids is 2. The first-order valence-electron chi connectivity index (χ1n) is 11.1. The lowest BCUT2D eigenvalue weighted by molar-refractivity contribution is -0.133. The largest absolute Gasteiger partial charge is 0.356 e. The number of rotatable bonds is 6. The second-order valence-electron chi connectivity index (χ2n) is 8.30. The average Bonchev–Trinajstić information content (AvgIpc) is 2.85. The summed E-state index contributed by atoms with van der Waals surface area (Å²) in [6.07, 6.45) is 6.63. The zero-order valence-corrected chi connectivity index (χ0v) is 18.3. The molecule has 1 aromatic heterocycles. The highest BCUT2D eigenvalue weighted by atomic mass is 16.2. The zero-order valence-electron chi connectivity index (χ0n) is 18.3. The second kappa shape index (κ2) is 9.73. The van der Waals surface area contributed by atoms with Gasteiger partial charge in [-0.2, -0.15) is 0 Å². The molecule has 4 rings (SSSR count). The predicted molar refractivity (Wildman–Crippen MR) is 124 cm³/mol. The van der Waals surface area contributed by atoms with Gasteiger partial charge in [-0.25, -0.2) is 4.98 Å². The lowest BCUT2D eigenvalue weighted by atomic mass is 9.74. The monoisotopic (exact) mass is 428 g/mol. The van der Waals surface area contributed by atoms with Crippen LogP contribution in [0.3, 0.4) is 0 Å². The van der Waals surface area contributed by atoms with E-state index in [4.69, 9.17) is 0 Å². The first-order chi connectivity index (χ1) is 15.6. The Morgan fingerprint density at radius 3 is 2.47 bits per heavy atom. The molecule has 2 amide bonds. The van der Waals surface area contributed by atoms with E-state index in [0.717, 1.165) is 29.5 Å². The highest BCUT2D eigenvalue weighted by Gasteiger charge is 2.43. The number of amides is 2. The van der Waals surface area contributed by atoms with E-state index < -0.39 is 5.41 Å². The van der Waals surface area contributed by atoms with Crippen molar-refractivity contribution in [1.82, 2.24) is 20.2 Å². The minimum Gasteiger partial charge on any atom is -0.356 e. The van der Waals surface area contributed by atoms with Crippen molar-refractivity contribution >= 4 is 11.8 Å². The molecule has 2 aromatic carbocycles. The lowest BCUT2D eigenvalue weighted by Gasteiger charge is -2.41. The molecule has 3 aromatic rings. The van der Waals surface area contributed by atoms with Crippen LogP contribution in [0.25, 0.3) is 11.1 Å². The number of hydrogen-bond acceptors (Lipinski definition) is 4. The SMILES string of the molecule is CCNC(=O)[C@@]1(Cc2ccc(-c3ccccc3)cc2)CCCN(C(=O)c2cnccn2)C1. The van der Waals surface area contributed by atoms with E-state index >= 15 is 0 Å². The molecule has 0 unspecified atom stereocenters. The maximum Gasteiger partial charge on any atom is 0.274 e. The van der Waals surface area contributed by atoms with Crippen LogP contribution in [0.15, 0.2) is 73.2 Å². The maximum absolute atomic E-state index is 13.2. The van der Waals surface area contributed by atoms with E-state index in [1.165, 1.54) is 12.4 Å². The van der Waals surface area contributed by atoms with Crippen LogP contribution in [0.1, 0.15) is 35.8 Å². The summed E-state index contributed by atoms with van der Waals surface area (Å²) < 4.78 is 0. The van der Waals surface area contributed by atoms with Gasteiger partial charge in [-0.15, -0.1) is 0 Å². The van der Waals surface area contributed by atoms with Crippen LogP contribution >= 0.6 is 0 Å².